The summed E-state index contributed by atoms with van der Waals surface area (Å²) in [7, 11) is -1.00. The van der Waals surface area contributed by atoms with Crippen LogP contribution in [0.25, 0.3) is 235 Å². The molecule has 13 heteroatoms. The van der Waals surface area contributed by atoms with Crippen LogP contribution in [0.2, 0.25) is 0 Å². The Morgan fingerprint density at radius 1 is 0.328 bits per heavy atom. The second kappa shape index (κ2) is 31.4. The second-order valence-corrected chi connectivity index (χ2v) is 29.7. The van der Waals surface area contributed by atoms with Gasteiger partial charge in [0.1, 0.15) is 28.1 Å². The van der Waals surface area contributed by atoms with E-state index < -0.39 is 7.15 Å². The van der Waals surface area contributed by atoms with Gasteiger partial charge in [0.05, 0.1) is 47.3 Å². The van der Waals surface area contributed by atoms with E-state index in [0.29, 0.717) is 5.39 Å². The fraction of sp³-hybridized carbons (Fsp3) is 0.00943. The molecule has 0 aliphatic heterocycles. The van der Waals surface area contributed by atoms with Crippen LogP contribution in [0.1, 0.15) is 2.80 Å². The Hall–Kier alpha value is -11.3. The largest absolute Gasteiger partial charge is 1.00 e. The predicted octanol–water partition coefficient (Wildman–Crippen LogP) is 22.2. The molecule has 26 rings (SSSR count). The van der Waals surface area contributed by atoms with Gasteiger partial charge < -0.3 is 39.1 Å². The molecule has 6 heterocycles. The van der Waals surface area contributed by atoms with E-state index >= 15 is 0 Å². The van der Waals surface area contributed by atoms with E-state index in [-0.39, 0.29) is 152 Å². The molecule has 9 nitrogen and oxygen atoms in total. The molecule has 0 unspecified atom stereocenters. The van der Waals surface area contributed by atoms with E-state index in [9.17, 15) is 8.78 Å². The SMILES string of the molecule is Fc1cc2cc3c4ccccc4oc3c3ccc4cccc1c4c23.O=CO[O-].[2H]CF.[Cs+].[Cs+].[H-].c1ccc(-n2c3ccccc3c3cc(-c4ccc5[nH]c6ccccc6c5c4)ccc32)cc1.c1ccc(-n2c3ccccc3c3cc(-c4ccc5c(c4)c4ccccc4n5-c4cc5cc6c7ccccc7oc6c6ccc7cccc4c7c56)ccc32)cc1. The van der Waals surface area contributed by atoms with Crippen LogP contribution >= 0.6 is 0 Å². The van der Waals surface area contributed by atoms with Crippen molar-refractivity contribution in [3.05, 3.63) is 370 Å². The first-order chi connectivity index (χ1) is 58.3. The molecule has 0 saturated carbocycles. The Kier molecular flexibility index (Phi) is 19.9. The molecule has 1 N–H and O–H groups in total. The van der Waals surface area contributed by atoms with Crippen LogP contribution in [-0.2, 0) is 9.68 Å². The number of nitrogens with zero attached hydrogens (tertiary/aromatic N) is 3. The summed E-state index contributed by atoms with van der Waals surface area (Å²) in [6.07, 6.45) is 0. The van der Waals surface area contributed by atoms with Gasteiger partial charge in [0, 0.05) is 125 Å². The number of carbonyl (C=O) groups excluding carboxylic acids is 1. The molecule has 0 aliphatic carbocycles. The quantitative estimate of drug-likeness (QED) is 0.0773. The standard InChI is InChI=1S/C52H30N2O.C30H20N2.C22H11FO.CH3F.CH2O3.2Cs.H/c1-2-12-35(13-3-1)53-44-18-7-4-14-36(44)41-27-32(22-25-46(41)53)33-23-26-47-42(28-33)37-15-5-8-19-45(37)54(47)48-30-34-29-43-38-16-6-9-20-49(38)55-52(43)40-24-21-31-11-10-17-39(48)50(31)51(34)40;1-2-8-22(9-3-1)32-29-13-7-5-11-24(29)26-19-21(15-17-30(26)32)20-14-16-28-25(18-20)23-10-4-6-12-27(23)31-28;23-18-11-13-10-17-14-5-1-2-7-19(14)24-22(17)16-9-8-12-4-3-6-15(18)20(12)21(13)16;1-2;2-1-4-3;;;/h1-30H;1-19,31H;1-11H;1H3;1,3H;;;/q;;;;;2*+1;-1/p-1/i;;;1D;;;;. The number of hydrogen-bond acceptors (Lipinski definition) is 5. The van der Waals surface area contributed by atoms with E-state index in [2.05, 4.69) is 339 Å². The first kappa shape index (κ1) is 75.2. The molecule has 26 aromatic rings. The number of halogens is 2. The van der Waals surface area contributed by atoms with Gasteiger partial charge in [-0.25, -0.2) is 4.39 Å². The number of aromatic amines is 1. The maximum atomic E-state index is 14.6. The minimum Gasteiger partial charge on any atom is -1.00 e. The normalized spacial score (nSPS) is 11.7. The summed E-state index contributed by atoms with van der Waals surface area (Å²) in [5.41, 5.74) is 21.7. The van der Waals surface area contributed by atoms with Crippen LogP contribution in [0.5, 0.6) is 0 Å². The number of furan rings is 2. The number of H-pyrrole nitrogens is 1. The van der Waals surface area contributed by atoms with Crippen molar-refractivity contribution in [1.29, 1.82) is 0 Å². The Morgan fingerprint density at radius 2 is 0.689 bits per heavy atom. The Morgan fingerprint density at radius 3 is 1.18 bits per heavy atom. The van der Waals surface area contributed by atoms with Gasteiger partial charge in [0.2, 0.25) is 0 Å². The van der Waals surface area contributed by atoms with Crippen molar-refractivity contribution in [2.24, 2.45) is 0 Å². The summed E-state index contributed by atoms with van der Waals surface area (Å²) in [5.74, 6) is -0.173. The zero-order chi connectivity index (χ0) is 78.8. The minimum atomic E-state index is -1.00. The van der Waals surface area contributed by atoms with Crippen LogP contribution in [0, 0.1) is 5.82 Å². The Labute approximate surface area is 799 Å². The van der Waals surface area contributed by atoms with Crippen molar-refractivity contribution < 1.29 is 173 Å². The zero-order valence-corrected chi connectivity index (χ0v) is 77.1. The molecule has 20 aromatic carbocycles. The molecule has 119 heavy (non-hydrogen) atoms. The van der Waals surface area contributed by atoms with Gasteiger partial charge in [0.15, 0.2) is 0 Å². The van der Waals surface area contributed by atoms with Crippen molar-refractivity contribution in [3.63, 3.8) is 0 Å². The van der Waals surface area contributed by atoms with Crippen molar-refractivity contribution in [2.45, 2.75) is 0 Å². The number of para-hydroxylation sites is 8. The number of fused-ring (bicyclic) bond motifs is 20. The molecule has 0 atom stereocenters. The smallest absolute Gasteiger partial charge is 1.00 e. The zero-order valence-electron chi connectivity index (χ0n) is 66.6. The van der Waals surface area contributed by atoms with Crippen LogP contribution in [0.3, 0.4) is 0 Å². The van der Waals surface area contributed by atoms with E-state index in [1.165, 1.54) is 153 Å². The third-order valence-electron chi connectivity index (χ3n) is 23.6. The van der Waals surface area contributed by atoms with E-state index in [4.69, 9.17) is 20.3 Å². The first-order valence-electron chi connectivity index (χ1n) is 39.5. The summed E-state index contributed by atoms with van der Waals surface area (Å²) in [6, 6.07) is 130. The topological polar surface area (TPSA) is 106 Å². The van der Waals surface area contributed by atoms with E-state index in [1.807, 2.05) is 42.5 Å². The molecule has 0 amide bonds. The van der Waals surface area contributed by atoms with Crippen molar-refractivity contribution >= 4 is 202 Å². The van der Waals surface area contributed by atoms with Crippen LogP contribution in [0.15, 0.2) is 373 Å². The number of benzene rings is 20. The number of carbonyl (C=O) groups is 1. The molecule has 0 spiro atoms. The third-order valence-corrected chi connectivity index (χ3v) is 23.6. The summed E-state index contributed by atoms with van der Waals surface area (Å²) < 4.78 is 50.0. The van der Waals surface area contributed by atoms with Crippen molar-refractivity contribution in [1.82, 2.24) is 18.7 Å². The Bertz CT molecular complexity index is 8510. The van der Waals surface area contributed by atoms with Crippen LogP contribution in [0.4, 0.5) is 8.78 Å². The maximum absolute atomic E-state index is 14.6. The third kappa shape index (κ3) is 12.5. The number of nitrogens with one attached hydrogen (secondary N) is 1. The number of aromatic nitrogens is 4. The molecule has 0 bridgehead atoms. The maximum Gasteiger partial charge on any atom is 1.00 e. The van der Waals surface area contributed by atoms with Gasteiger partial charge in [-0.3, -0.25) is 9.18 Å². The van der Waals surface area contributed by atoms with Gasteiger partial charge in [-0.2, -0.15) is 0 Å². The molecule has 0 radical (unpaired) electrons. The van der Waals surface area contributed by atoms with Gasteiger partial charge >= 0.3 is 138 Å². The van der Waals surface area contributed by atoms with Gasteiger partial charge in [-0.1, -0.05) is 218 Å². The average molecular weight is 1780 g/mol. The Balaban J connectivity index is 0.000000124. The molecule has 0 fully saturated rings. The number of rotatable bonds is 6. The summed E-state index contributed by atoms with van der Waals surface area (Å²) in [5, 5.41) is 36.1. The predicted molar refractivity (Wildman–Crippen MR) is 480 cm³/mol. The number of hydrogen-bond donors (Lipinski definition) is 1. The molecule has 6 aromatic heterocycles. The number of alkyl halides is 1. The van der Waals surface area contributed by atoms with Crippen LogP contribution in [-0.4, -0.2) is 32.3 Å². The molecule has 0 saturated heterocycles. The monoisotopic (exact) mass is 1780 g/mol. The second-order valence-electron chi connectivity index (χ2n) is 29.7. The van der Waals surface area contributed by atoms with Gasteiger partial charge in [0.25, 0.3) is 6.47 Å². The first-order valence-corrected chi connectivity index (χ1v) is 38.8. The van der Waals surface area contributed by atoms with Crippen molar-refractivity contribution in [2.75, 3.05) is 7.15 Å². The van der Waals surface area contributed by atoms with Crippen LogP contribution < -0.4 is 143 Å². The fourth-order valence-corrected chi connectivity index (χ4v) is 18.7. The molecular weight excluding hydrogens is 1710 g/mol. The molecule has 556 valence electrons. The van der Waals surface area contributed by atoms with E-state index in [1.54, 1.807) is 6.07 Å². The summed E-state index contributed by atoms with van der Waals surface area (Å²) >= 11 is 0. The summed E-state index contributed by atoms with van der Waals surface area (Å²) in [4.78, 5) is 14.8. The average Bonchev–Trinajstić information content (AvgIpc) is 1.56. The molecule has 0 aliphatic rings. The fourth-order valence-electron chi connectivity index (χ4n) is 18.7. The van der Waals surface area contributed by atoms with Gasteiger partial charge in [-0.05, 0) is 195 Å². The minimum absolute atomic E-state index is 0. The summed E-state index contributed by atoms with van der Waals surface area (Å²) in [6.45, 7) is -0.181. The van der Waals surface area contributed by atoms with Crippen molar-refractivity contribution in [3.8, 4) is 39.3 Å². The molecular formula is C106H66Cs2F2N4O5. The van der Waals surface area contributed by atoms with E-state index in [0.717, 1.165) is 76.2 Å². The van der Waals surface area contributed by atoms with Gasteiger partial charge in [-0.15, -0.1) is 0 Å².